The van der Waals surface area contributed by atoms with E-state index in [1.54, 1.807) is 7.05 Å². The van der Waals surface area contributed by atoms with Crippen molar-refractivity contribution in [1.82, 2.24) is 4.90 Å². The molecule has 0 saturated carbocycles. The van der Waals surface area contributed by atoms with E-state index >= 15 is 0 Å². The minimum Gasteiger partial charge on any atom is -0.387 e. The fourth-order valence-electron chi connectivity index (χ4n) is 2.17. The first-order valence-electron chi connectivity index (χ1n) is 6.15. The normalized spacial score (nSPS) is 20.9. The van der Waals surface area contributed by atoms with Gasteiger partial charge in [-0.05, 0) is 25.2 Å². The van der Waals surface area contributed by atoms with E-state index in [9.17, 15) is 0 Å². The Balaban J connectivity index is 2.62. The van der Waals surface area contributed by atoms with Gasteiger partial charge in [0.1, 0.15) is 11.7 Å². The van der Waals surface area contributed by atoms with Crippen LogP contribution in [0.3, 0.4) is 0 Å². The average Bonchev–Trinajstić information content (AvgIpc) is 2.30. The Morgan fingerprint density at radius 1 is 1.50 bits per heavy atom. The van der Waals surface area contributed by atoms with Crippen molar-refractivity contribution in [2.24, 2.45) is 22.6 Å². The molecule has 0 amide bonds. The Morgan fingerprint density at radius 2 is 2.06 bits per heavy atom. The lowest BCUT2D eigenvalue weighted by Gasteiger charge is -2.34. The highest BCUT2D eigenvalue weighted by Crippen LogP contribution is 2.19. The van der Waals surface area contributed by atoms with E-state index in [-0.39, 0.29) is 5.92 Å². The molecule has 4 nitrogen and oxygen atoms in total. The van der Waals surface area contributed by atoms with Crippen molar-refractivity contribution in [2.75, 3.05) is 20.1 Å². The van der Waals surface area contributed by atoms with Crippen LogP contribution in [-0.4, -0.2) is 36.7 Å². The van der Waals surface area contributed by atoms with Crippen LogP contribution in [-0.2, 0) is 0 Å². The van der Waals surface area contributed by atoms with Crippen LogP contribution in [0.25, 0.3) is 0 Å². The molecule has 1 saturated heterocycles. The van der Waals surface area contributed by atoms with E-state index < -0.39 is 0 Å². The maximum atomic E-state index is 8.21. The summed E-state index contributed by atoms with van der Waals surface area (Å²) in [6.45, 7) is 6.32. The number of aliphatic imine (C=N–C) groups is 1. The summed E-state index contributed by atoms with van der Waals surface area (Å²) in [6.07, 6.45) is 3.22. The van der Waals surface area contributed by atoms with E-state index in [1.807, 2.05) is 0 Å². The van der Waals surface area contributed by atoms with Crippen LogP contribution in [0.5, 0.6) is 0 Å². The quantitative estimate of drug-likeness (QED) is 0.566. The molecule has 1 aliphatic rings. The zero-order valence-corrected chi connectivity index (χ0v) is 10.7. The molecule has 1 heterocycles. The number of amidine groups is 2. The number of nitrogens with one attached hydrogen (secondary N) is 1. The molecule has 3 N–H and O–H groups in total. The van der Waals surface area contributed by atoms with Gasteiger partial charge in [-0.25, -0.2) is 0 Å². The molecule has 1 rings (SSSR count). The van der Waals surface area contributed by atoms with Gasteiger partial charge in [0.15, 0.2) is 0 Å². The molecule has 0 aromatic rings. The molecule has 1 aliphatic heterocycles. The van der Waals surface area contributed by atoms with E-state index in [0.29, 0.717) is 11.7 Å². The van der Waals surface area contributed by atoms with Gasteiger partial charge in [0.2, 0.25) is 0 Å². The van der Waals surface area contributed by atoms with E-state index in [0.717, 1.165) is 25.4 Å². The van der Waals surface area contributed by atoms with E-state index in [4.69, 9.17) is 11.1 Å². The van der Waals surface area contributed by atoms with Gasteiger partial charge in [0.25, 0.3) is 0 Å². The summed E-state index contributed by atoms with van der Waals surface area (Å²) in [5.41, 5.74) is 5.85. The molecule has 0 spiro atoms. The van der Waals surface area contributed by atoms with Gasteiger partial charge in [0, 0.05) is 20.1 Å². The van der Waals surface area contributed by atoms with Crippen LogP contribution < -0.4 is 5.73 Å². The number of piperidine rings is 1. The summed E-state index contributed by atoms with van der Waals surface area (Å²) >= 11 is 0. The van der Waals surface area contributed by atoms with Gasteiger partial charge in [0.05, 0.1) is 5.92 Å². The molecule has 0 aromatic carbocycles. The highest BCUT2D eigenvalue weighted by Gasteiger charge is 2.24. The minimum atomic E-state index is -0.00148. The van der Waals surface area contributed by atoms with Crippen molar-refractivity contribution in [3.63, 3.8) is 0 Å². The van der Waals surface area contributed by atoms with Crippen molar-refractivity contribution in [2.45, 2.75) is 33.1 Å². The number of rotatable bonds is 3. The summed E-state index contributed by atoms with van der Waals surface area (Å²) in [7, 11) is 1.70. The topological polar surface area (TPSA) is 65.5 Å². The van der Waals surface area contributed by atoms with Crippen LogP contribution in [0.1, 0.15) is 33.1 Å². The molecular weight excluding hydrogens is 200 g/mol. The molecule has 0 radical (unpaired) electrons. The molecule has 16 heavy (non-hydrogen) atoms. The monoisotopic (exact) mass is 224 g/mol. The van der Waals surface area contributed by atoms with Gasteiger partial charge in [-0.2, -0.15) is 0 Å². The lowest BCUT2D eigenvalue weighted by Crippen LogP contribution is -2.44. The Morgan fingerprint density at radius 3 is 2.50 bits per heavy atom. The number of hydrogen-bond donors (Lipinski definition) is 2. The van der Waals surface area contributed by atoms with Crippen LogP contribution in [0.4, 0.5) is 0 Å². The van der Waals surface area contributed by atoms with Crippen molar-refractivity contribution < 1.29 is 0 Å². The highest BCUT2D eigenvalue weighted by molar-refractivity contribution is 6.03. The molecule has 1 unspecified atom stereocenters. The fourth-order valence-corrected chi connectivity index (χ4v) is 2.17. The standard InChI is InChI=1S/C12H24N4/c1-4-10(11(13)15-3)12(14)16-7-5-9(2)6-8-16/h9-10,14H,4-8H2,1-3H3,(H2,13,15). The SMILES string of the molecule is CCC(C(=N)N1CCC(C)CC1)C(N)=NC. The predicted molar refractivity (Wildman–Crippen MR) is 69.0 cm³/mol. The summed E-state index contributed by atoms with van der Waals surface area (Å²) in [5, 5.41) is 8.21. The van der Waals surface area contributed by atoms with Crippen LogP contribution in [0.2, 0.25) is 0 Å². The second kappa shape index (κ2) is 5.87. The molecule has 0 aliphatic carbocycles. The fraction of sp³-hybridized carbons (Fsp3) is 0.833. The smallest absolute Gasteiger partial charge is 0.107 e. The second-order valence-electron chi connectivity index (χ2n) is 4.66. The third-order valence-electron chi connectivity index (χ3n) is 3.48. The first kappa shape index (κ1) is 13.0. The largest absolute Gasteiger partial charge is 0.387 e. The van der Waals surface area contributed by atoms with Gasteiger partial charge in [-0.1, -0.05) is 13.8 Å². The van der Waals surface area contributed by atoms with Gasteiger partial charge in [-0.3, -0.25) is 10.4 Å². The maximum Gasteiger partial charge on any atom is 0.107 e. The lowest BCUT2D eigenvalue weighted by atomic mass is 9.96. The van der Waals surface area contributed by atoms with Crippen LogP contribution >= 0.6 is 0 Å². The molecule has 1 atom stereocenters. The summed E-state index contributed by atoms with van der Waals surface area (Å²) < 4.78 is 0. The Kier molecular flexibility index (Phi) is 4.77. The first-order chi connectivity index (χ1) is 7.60. The molecule has 92 valence electrons. The first-order valence-corrected chi connectivity index (χ1v) is 6.15. The van der Waals surface area contributed by atoms with E-state index in [1.165, 1.54) is 12.8 Å². The third-order valence-corrected chi connectivity index (χ3v) is 3.48. The predicted octanol–water partition coefficient (Wildman–Crippen LogP) is 1.71. The number of nitrogens with zero attached hydrogens (tertiary/aromatic N) is 2. The van der Waals surface area contributed by atoms with Crippen LogP contribution in [0.15, 0.2) is 4.99 Å². The zero-order chi connectivity index (χ0) is 12.1. The maximum absolute atomic E-state index is 8.21. The zero-order valence-electron chi connectivity index (χ0n) is 10.7. The Bertz CT molecular complexity index is 264. The summed E-state index contributed by atoms with van der Waals surface area (Å²) in [5.74, 6) is 2.03. The summed E-state index contributed by atoms with van der Waals surface area (Å²) in [6, 6.07) is 0. The van der Waals surface area contributed by atoms with Crippen molar-refractivity contribution in [3.8, 4) is 0 Å². The number of nitrogens with two attached hydrogens (primary N) is 1. The number of hydrogen-bond acceptors (Lipinski definition) is 2. The summed E-state index contributed by atoms with van der Waals surface area (Å²) in [4.78, 5) is 6.18. The van der Waals surface area contributed by atoms with Crippen molar-refractivity contribution in [3.05, 3.63) is 0 Å². The van der Waals surface area contributed by atoms with Gasteiger partial charge < -0.3 is 10.6 Å². The van der Waals surface area contributed by atoms with Crippen molar-refractivity contribution >= 4 is 11.7 Å². The number of likely N-dealkylation sites (tertiary alicyclic amines) is 1. The van der Waals surface area contributed by atoms with Crippen LogP contribution in [0, 0.1) is 17.2 Å². The lowest BCUT2D eigenvalue weighted by molar-refractivity contribution is 0.272. The molecule has 0 aromatic heterocycles. The molecule has 0 bridgehead atoms. The second-order valence-corrected chi connectivity index (χ2v) is 4.66. The minimum absolute atomic E-state index is 0.00148. The Labute approximate surface area is 98.4 Å². The Hall–Kier alpha value is -1.06. The van der Waals surface area contributed by atoms with E-state index in [2.05, 4.69) is 23.7 Å². The average molecular weight is 224 g/mol. The molecular formula is C12H24N4. The third kappa shape index (κ3) is 2.97. The molecule has 4 heteroatoms. The van der Waals surface area contributed by atoms with Gasteiger partial charge in [-0.15, -0.1) is 0 Å². The van der Waals surface area contributed by atoms with Gasteiger partial charge >= 0.3 is 0 Å². The molecule has 1 fully saturated rings. The highest BCUT2D eigenvalue weighted by atomic mass is 15.2. The van der Waals surface area contributed by atoms with Crippen molar-refractivity contribution in [1.29, 1.82) is 5.41 Å².